The average Bonchev–Trinajstić information content (AvgIpc) is 3.01. The Morgan fingerprint density at radius 1 is 1.25 bits per heavy atom. The Kier molecular flexibility index (Phi) is 3.39. The number of hydrogen-bond acceptors (Lipinski definition) is 2. The summed E-state index contributed by atoms with van der Waals surface area (Å²) in [5, 5.41) is 6.05. The molecule has 1 aliphatic carbocycles. The quantitative estimate of drug-likeness (QED) is 0.933. The summed E-state index contributed by atoms with van der Waals surface area (Å²) in [7, 11) is 0. The average molecular weight is 290 g/mol. The fourth-order valence-electron chi connectivity index (χ4n) is 3.69. The van der Waals surface area contributed by atoms with Gasteiger partial charge in [-0.15, -0.1) is 12.4 Å². The van der Waals surface area contributed by atoms with Gasteiger partial charge in [-0.3, -0.25) is 0 Å². The maximum Gasteiger partial charge on any atom is 0.130 e. The lowest BCUT2D eigenvalue weighted by Crippen LogP contribution is -2.20. The van der Waals surface area contributed by atoms with Crippen LogP contribution in [0.3, 0.4) is 0 Å². The number of nitrogens with one attached hydrogen (secondary N) is 1. The van der Waals surface area contributed by atoms with Crippen LogP contribution in [0.4, 0.5) is 0 Å². The van der Waals surface area contributed by atoms with Crippen LogP contribution < -0.4 is 10.1 Å². The third-order valence-corrected chi connectivity index (χ3v) is 4.77. The van der Waals surface area contributed by atoms with Crippen molar-refractivity contribution in [2.24, 2.45) is 5.92 Å². The van der Waals surface area contributed by atoms with Crippen LogP contribution in [0, 0.1) is 5.92 Å². The second-order valence-corrected chi connectivity index (χ2v) is 5.78. The Hall–Kier alpha value is -1.25. The molecular formula is C17H20ClNO. The molecule has 106 valence electrons. The van der Waals surface area contributed by atoms with Crippen LogP contribution >= 0.6 is 12.4 Å². The maximum absolute atomic E-state index is 6.03. The second kappa shape index (κ2) is 4.94. The van der Waals surface area contributed by atoms with E-state index in [1.54, 1.807) is 0 Å². The Bertz CT molecular complexity index is 642. The van der Waals surface area contributed by atoms with Crippen LogP contribution in [0.25, 0.3) is 10.8 Å². The van der Waals surface area contributed by atoms with Crippen LogP contribution in [-0.2, 0) is 5.41 Å². The lowest BCUT2D eigenvalue weighted by molar-refractivity contribution is 0.337. The summed E-state index contributed by atoms with van der Waals surface area (Å²) in [6, 6.07) is 13.1. The minimum Gasteiger partial charge on any atom is -0.493 e. The molecule has 2 aliphatic rings. The molecule has 2 nitrogen and oxygen atoms in total. The molecule has 0 radical (unpaired) electrons. The highest BCUT2D eigenvalue weighted by molar-refractivity contribution is 5.90. The van der Waals surface area contributed by atoms with Gasteiger partial charge < -0.3 is 10.1 Å². The van der Waals surface area contributed by atoms with Gasteiger partial charge in [0.05, 0.1) is 6.61 Å². The fourth-order valence-corrected chi connectivity index (χ4v) is 3.69. The minimum atomic E-state index is 0. The molecular weight excluding hydrogens is 270 g/mol. The molecule has 1 saturated carbocycles. The zero-order valence-electron chi connectivity index (χ0n) is 11.7. The third kappa shape index (κ3) is 1.82. The number of fused-ring (bicyclic) bond motifs is 2. The van der Waals surface area contributed by atoms with E-state index in [0.29, 0.717) is 5.41 Å². The van der Waals surface area contributed by atoms with Crippen molar-refractivity contribution in [3.63, 3.8) is 0 Å². The van der Waals surface area contributed by atoms with E-state index in [9.17, 15) is 0 Å². The fraction of sp³-hybridized carbons (Fsp3) is 0.412. The molecule has 0 aromatic heterocycles. The van der Waals surface area contributed by atoms with Crippen LogP contribution in [0.2, 0.25) is 0 Å². The summed E-state index contributed by atoms with van der Waals surface area (Å²) < 4.78 is 6.03. The topological polar surface area (TPSA) is 21.3 Å². The molecule has 0 spiro atoms. The van der Waals surface area contributed by atoms with Crippen molar-refractivity contribution in [2.75, 3.05) is 19.7 Å². The van der Waals surface area contributed by atoms with Crippen molar-refractivity contribution in [2.45, 2.75) is 18.8 Å². The second-order valence-electron chi connectivity index (χ2n) is 5.78. The first-order chi connectivity index (χ1) is 9.35. The predicted molar refractivity (Wildman–Crippen MR) is 85.0 cm³/mol. The molecule has 0 bridgehead atoms. The maximum atomic E-state index is 6.03. The summed E-state index contributed by atoms with van der Waals surface area (Å²) in [4.78, 5) is 0. The summed E-state index contributed by atoms with van der Waals surface area (Å²) in [5.74, 6) is 1.93. The summed E-state index contributed by atoms with van der Waals surface area (Å²) in [5.41, 5.74) is 1.78. The standard InChI is InChI=1S/C17H19NO.ClH/c1-2-19-16-14-6-4-3-5-12(14)7-8-15(16)17-9-13(17)10-18-11-17;/h3-8,13,18H,2,9-11H2,1H3;1H. The van der Waals surface area contributed by atoms with Crippen molar-refractivity contribution in [1.82, 2.24) is 5.32 Å². The number of ether oxygens (including phenoxy) is 1. The zero-order chi connectivity index (χ0) is 12.9. The molecule has 2 unspecified atom stereocenters. The van der Waals surface area contributed by atoms with Crippen molar-refractivity contribution in [1.29, 1.82) is 0 Å². The van der Waals surface area contributed by atoms with Gasteiger partial charge in [0.2, 0.25) is 0 Å². The van der Waals surface area contributed by atoms with Gasteiger partial charge in [-0.2, -0.15) is 0 Å². The number of rotatable bonds is 3. The van der Waals surface area contributed by atoms with Gasteiger partial charge in [0.15, 0.2) is 0 Å². The van der Waals surface area contributed by atoms with Gasteiger partial charge >= 0.3 is 0 Å². The third-order valence-electron chi connectivity index (χ3n) is 4.77. The molecule has 1 aliphatic heterocycles. The van der Waals surface area contributed by atoms with Gasteiger partial charge in [0.1, 0.15) is 5.75 Å². The highest BCUT2D eigenvalue weighted by Gasteiger charge is 2.59. The number of halogens is 1. The predicted octanol–water partition coefficient (Wildman–Crippen LogP) is 3.52. The zero-order valence-corrected chi connectivity index (χ0v) is 12.5. The van der Waals surface area contributed by atoms with Crippen LogP contribution in [-0.4, -0.2) is 19.7 Å². The number of hydrogen-bond donors (Lipinski definition) is 1. The number of piperidine rings is 1. The van der Waals surface area contributed by atoms with Gasteiger partial charge in [-0.1, -0.05) is 36.4 Å². The largest absolute Gasteiger partial charge is 0.493 e. The van der Waals surface area contributed by atoms with Gasteiger partial charge in [-0.05, 0) is 31.2 Å². The van der Waals surface area contributed by atoms with Gasteiger partial charge in [0.25, 0.3) is 0 Å². The van der Waals surface area contributed by atoms with Gasteiger partial charge in [-0.25, -0.2) is 0 Å². The van der Waals surface area contributed by atoms with E-state index >= 15 is 0 Å². The van der Waals surface area contributed by atoms with E-state index in [4.69, 9.17) is 4.74 Å². The highest BCUT2D eigenvalue weighted by Crippen LogP contribution is 2.59. The smallest absolute Gasteiger partial charge is 0.130 e. The van der Waals surface area contributed by atoms with Gasteiger partial charge in [0, 0.05) is 22.9 Å². The summed E-state index contributed by atoms with van der Waals surface area (Å²) in [6.07, 6.45) is 1.32. The van der Waals surface area contributed by atoms with E-state index in [1.165, 1.54) is 29.3 Å². The molecule has 1 N–H and O–H groups in total. The van der Waals surface area contributed by atoms with Crippen LogP contribution in [0.15, 0.2) is 36.4 Å². The van der Waals surface area contributed by atoms with Crippen molar-refractivity contribution >= 4 is 23.2 Å². The molecule has 2 aromatic rings. The normalized spacial score (nSPS) is 26.9. The Balaban J connectivity index is 0.00000121. The van der Waals surface area contributed by atoms with E-state index in [0.717, 1.165) is 24.8 Å². The number of benzene rings is 2. The van der Waals surface area contributed by atoms with E-state index in [-0.39, 0.29) is 12.4 Å². The van der Waals surface area contributed by atoms with E-state index in [1.807, 2.05) is 0 Å². The molecule has 2 atom stereocenters. The summed E-state index contributed by atoms with van der Waals surface area (Å²) in [6.45, 7) is 5.07. The first-order valence-corrected chi connectivity index (χ1v) is 7.21. The monoisotopic (exact) mass is 289 g/mol. The SMILES string of the molecule is CCOc1c(C23CNCC2C3)ccc2ccccc12.Cl. The summed E-state index contributed by atoms with van der Waals surface area (Å²) >= 11 is 0. The Labute approximate surface area is 125 Å². The van der Waals surface area contributed by atoms with Crippen molar-refractivity contribution in [3.8, 4) is 5.75 Å². The molecule has 3 heteroatoms. The lowest BCUT2D eigenvalue weighted by Gasteiger charge is -2.19. The molecule has 2 fully saturated rings. The molecule has 0 amide bonds. The molecule has 1 heterocycles. The minimum absolute atomic E-state index is 0. The Morgan fingerprint density at radius 3 is 2.80 bits per heavy atom. The lowest BCUT2D eigenvalue weighted by atomic mass is 9.91. The van der Waals surface area contributed by atoms with Crippen LogP contribution in [0.5, 0.6) is 5.75 Å². The van der Waals surface area contributed by atoms with E-state index in [2.05, 4.69) is 48.6 Å². The molecule has 4 rings (SSSR count). The molecule has 2 aromatic carbocycles. The first-order valence-electron chi connectivity index (χ1n) is 7.21. The van der Waals surface area contributed by atoms with Crippen molar-refractivity contribution < 1.29 is 4.74 Å². The van der Waals surface area contributed by atoms with Crippen molar-refractivity contribution in [3.05, 3.63) is 42.0 Å². The molecule has 20 heavy (non-hydrogen) atoms. The van der Waals surface area contributed by atoms with Crippen LogP contribution in [0.1, 0.15) is 18.9 Å². The Morgan fingerprint density at radius 2 is 2.10 bits per heavy atom. The highest BCUT2D eigenvalue weighted by atomic mass is 35.5. The first kappa shape index (κ1) is 13.7. The molecule has 1 saturated heterocycles. The van der Waals surface area contributed by atoms with E-state index < -0.39 is 0 Å².